The Balaban J connectivity index is 3.30. The quantitative estimate of drug-likeness (QED) is 0.535. The first-order valence-electron chi connectivity index (χ1n) is 3.36. The number of carbonyl (C=O) groups is 1. The van der Waals surface area contributed by atoms with Gasteiger partial charge in [-0.05, 0) is 0 Å². The molecule has 66 valence electrons. The molecule has 0 fully saturated rings. The molecule has 1 aromatic heterocycles. The topological polar surface area (TPSA) is 63.0 Å². The SMILES string of the molecule is COC(=O)c1cncc(S)c1C#N. The molecule has 0 bridgehead atoms. The molecule has 1 rings (SSSR count). The number of thiol groups is 1. The predicted molar refractivity (Wildman–Crippen MR) is 47.5 cm³/mol. The van der Waals surface area contributed by atoms with Gasteiger partial charge >= 0.3 is 5.97 Å². The van der Waals surface area contributed by atoms with Crippen molar-refractivity contribution < 1.29 is 9.53 Å². The van der Waals surface area contributed by atoms with Crippen molar-refractivity contribution in [1.29, 1.82) is 5.26 Å². The first-order valence-corrected chi connectivity index (χ1v) is 3.80. The highest BCUT2D eigenvalue weighted by molar-refractivity contribution is 7.80. The van der Waals surface area contributed by atoms with Crippen LogP contribution in [0.2, 0.25) is 0 Å². The van der Waals surface area contributed by atoms with Crippen LogP contribution in [0.15, 0.2) is 17.3 Å². The summed E-state index contributed by atoms with van der Waals surface area (Å²) in [6.45, 7) is 0. The number of carbonyl (C=O) groups excluding carboxylic acids is 1. The van der Waals surface area contributed by atoms with E-state index in [2.05, 4.69) is 22.3 Å². The van der Waals surface area contributed by atoms with Crippen LogP contribution in [0.25, 0.3) is 0 Å². The van der Waals surface area contributed by atoms with E-state index in [1.54, 1.807) is 0 Å². The maximum Gasteiger partial charge on any atom is 0.340 e. The van der Waals surface area contributed by atoms with Gasteiger partial charge in [-0.2, -0.15) is 5.26 Å². The Bertz CT molecular complexity index is 384. The number of pyridine rings is 1. The molecule has 0 saturated heterocycles. The molecule has 0 N–H and O–H groups in total. The van der Waals surface area contributed by atoms with E-state index in [-0.39, 0.29) is 11.1 Å². The van der Waals surface area contributed by atoms with Gasteiger partial charge in [0.05, 0.1) is 18.2 Å². The molecule has 0 spiro atoms. The third-order valence-corrected chi connectivity index (χ3v) is 1.78. The molecule has 0 saturated carbocycles. The van der Waals surface area contributed by atoms with Crippen LogP contribution < -0.4 is 0 Å². The Morgan fingerprint density at radius 1 is 1.69 bits per heavy atom. The van der Waals surface area contributed by atoms with Gasteiger partial charge in [-0.3, -0.25) is 4.98 Å². The van der Waals surface area contributed by atoms with Crippen molar-refractivity contribution in [1.82, 2.24) is 4.98 Å². The summed E-state index contributed by atoms with van der Waals surface area (Å²) in [6.07, 6.45) is 2.68. The molecule has 5 heteroatoms. The number of hydrogen-bond donors (Lipinski definition) is 1. The van der Waals surface area contributed by atoms with Gasteiger partial charge < -0.3 is 4.74 Å². The van der Waals surface area contributed by atoms with E-state index < -0.39 is 5.97 Å². The second kappa shape index (κ2) is 3.92. The van der Waals surface area contributed by atoms with Crippen LogP contribution in [-0.2, 0) is 4.74 Å². The summed E-state index contributed by atoms with van der Waals surface area (Å²) in [4.78, 5) is 15.2. The zero-order valence-corrected chi connectivity index (χ0v) is 7.71. The fourth-order valence-corrected chi connectivity index (χ4v) is 1.07. The molecule has 0 aliphatic carbocycles. The monoisotopic (exact) mass is 194 g/mol. The summed E-state index contributed by atoms with van der Waals surface area (Å²) in [7, 11) is 1.24. The standard InChI is InChI=1S/C8H6N2O2S/c1-12-8(11)6-3-10-4-7(13)5(6)2-9/h3-4,13H,1H3. The predicted octanol–water partition coefficient (Wildman–Crippen LogP) is 1.03. The van der Waals surface area contributed by atoms with Gasteiger partial charge in [0.15, 0.2) is 0 Å². The molecule has 0 unspecified atom stereocenters. The second-order valence-electron chi connectivity index (χ2n) is 2.18. The van der Waals surface area contributed by atoms with Crippen LogP contribution >= 0.6 is 12.6 Å². The van der Waals surface area contributed by atoms with E-state index >= 15 is 0 Å². The zero-order valence-electron chi connectivity index (χ0n) is 6.81. The van der Waals surface area contributed by atoms with Gasteiger partial charge in [-0.15, -0.1) is 12.6 Å². The van der Waals surface area contributed by atoms with Gasteiger partial charge in [-0.25, -0.2) is 4.79 Å². The van der Waals surface area contributed by atoms with Crippen LogP contribution in [-0.4, -0.2) is 18.1 Å². The molecular weight excluding hydrogens is 188 g/mol. The first kappa shape index (κ1) is 9.55. The number of ether oxygens (including phenoxy) is 1. The summed E-state index contributed by atoms with van der Waals surface area (Å²) in [5, 5.41) is 8.71. The molecule has 1 aromatic rings. The third kappa shape index (κ3) is 1.79. The van der Waals surface area contributed by atoms with Crippen LogP contribution in [0.4, 0.5) is 0 Å². The van der Waals surface area contributed by atoms with E-state index in [0.717, 1.165) is 0 Å². The number of esters is 1. The summed E-state index contributed by atoms with van der Waals surface area (Å²) in [5.74, 6) is -0.583. The Hall–Kier alpha value is -1.54. The normalized spacial score (nSPS) is 9.00. The number of hydrogen-bond acceptors (Lipinski definition) is 5. The average Bonchev–Trinajstić information content (AvgIpc) is 2.16. The average molecular weight is 194 g/mol. The summed E-state index contributed by atoms with van der Waals surface area (Å²) in [6, 6.07) is 1.86. The molecule has 0 aromatic carbocycles. The molecule has 0 atom stereocenters. The Kier molecular flexibility index (Phi) is 2.88. The summed E-state index contributed by atoms with van der Waals surface area (Å²) in [5.41, 5.74) is 0.322. The lowest BCUT2D eigenvalue weighted by Gasteiger charge is -2.01. The lowest BCUT2D eigenvalue weighted by Crippen LogP contribution is -2.05. The highest BCUT2D eigenvalue weighted by Gasteiger charge is 2.13. The van der Waals surface area contributed by atoms with E-state index in [0.29, 0.717) is 4.90 Å². The first-order chi connectivity index (χ1) is 6.20. The fraction of sp³-hybridized carbons (Fsp3) is 0.125. The van der Waals surface area contributed by atoms with E-state index in [1.807, 2.05) is 6.07 Å². The number of aromatic nitrogens is 1. The fourth-order valence-electron chi connectivity index (χ4n) is 0.832. The molecule has 0 aliphatic heterocycles. The molecule has 1 heterocycles. The lowest BCUT2D eigenvalue weighted by atomic mass is 10.1. The summed E-state index contributed by atoms with van der Waals surface area (Å²) >= 11 is 3.99. The smallest absolute Gasteiger partial charge is 0.340 e. The maximum atomic E-state index is 11.1. The van der Waals surface area contributed by atoms with Crippen LogP contribution in [0, 0.1) is 11.3 Å². The molecule has 13 heavy (non-hydrogen) atoms. The molecule has 0 amide bonds. The van der Waals surface area contributed by atoms with Crippen molar-refractivity contribution in [2.75, 3.05) is 7.11 Å². The van der Waals surface area contributed by atoms with Crippen molar-refractivity contribution >= 4 is 18.6 Å². The Morgan fingerprint density at radius 2 is 2.38 bits per heavy atom. The third-order valence-electron chi connectivity index (χ3n) is 1.44. The van der Waals surface area contributed by atoms with Crippen molar-refractivity contribution in [2.24, 2.45) is 0 Å². The van der Waals surface area contributed by atoms with Crippen LogP contribution in [0.1, 0.15) is 15.9 Å². The minimum atomic E-state index is -0.583. The number of nitrogens with zero attached hydrogens (tertiary/aromatic N) is 2. The highest BCUT2D eigenvalue weighted by atomic mass is 32.1. The van der Waals surface area contributed by atoms with Crippen molar-refractivity contribution in [3.63, 3.8) is 0 Å². The van der Waals surface area contributed by atoms with Gasteiger partial charge in [0.2, 0.25) is 0 Å². The molecular formula is C8H6N2O2S. The summed E-state index contributed by atoms with van der Waals surface area (Å²) < 4.78 is 4.47. The largest absolute Gasteiger partial charge is 0.465 e. The Morgan fingerprint density at radius 3 is 2.92 bits per heavy atom. The molecule has 4 nitrogen and oxygen atoms in total. The number of methoxy groups -OCH3 is 1. The van der Waals surface area contributed by atoms with Gasteiger partial charge in [0.25, 0.3) is 0 Å². The van der Waals surface area contributed by atoms with Crippen molar-refractivity contribution in [3.05, 3.63) is 23.5 Å². The number of nitriles is 1. The van der Waals surface area contributed by atoms with Crippen molar-refractivity contribution in [3.8, 4) is 6.07 Å². The van der Waals surface area contributed by atoms with Crippen LogP contribution in [0.3, 0.4) is 0 Å². The highest BCUT2D eigenvalue weighted by Crippen LogP contribution is 2.16. The van der Waals surface area contributed by atoms with Crippen molar-refractivity contribution in [2.45, 2.75) is 4.90 Å². The van der Waals surface area contributed by atoms with E-state index in [1.165, 1.54) is 19.5 Å². The van der Waals surface area contributed by atoms with Gasteiger partial charge in [0.1, 0.15) is 6.07 Å². The van der Waals surface area contributed by atoms with E-state index in [4.69, 9.17) is 5.26 Å². The second-order valence-corrected chi connectivity index (χ2v) is 2.67. The van der Waals surface area contributed by atoms with Crippen LogP contribution in [0.5, 0.6) is 0 Å². The van der Waals surface area contributed by atoms with Gasteiger partial charge in [-0.1, -0.05) is 0 Å². The Labute approximate surface area is 80.6 Å². The lowest BCUT2D eigenvalue weighted by molar-refractivity contribution is 0.0599. The maximum absolute atomic E-state index is 11.1. The molecule has 0 radical (unpaired) electrons. The minimum absolute atomic E-state index is 0.137. The molecule has 0 aliphatic rings. The zero-order chi connectivity index (χ0) is 9.84. The van der Waals surface area contributed by atoms with Gasteiger partial charge in [0, 0.05) is 17.3 Å². The van der Waals surface area contributed by atoms with E-state index in [9.17, 15) is 4.79 Å². The minimum Gasteiger partial charge on any atom is -0.465 e. The number of rotatable bonds is 1.